The maximum atomic E-state index is 10.2. The van der Waals surface area contributed by atoms with Crippen molar-refractivity contribution in [2.24, 2.45) is 4.99 Å². The number of hydrogen-bond donors (Lipinski definition) is 0. The van der Waals surface area contributed by atoms with Crippen LogP contribution in [0, 0.1) is 32.1 Å². The largest absolute Gasteiger partial charge is 0.497 e. The lowest BCUT2D eigenvalue weighted by atomic mass is 9.98. The summed E-state index contributed by atoms with van der Waals surface area (Å²) in [7, 11) is 3.25. The molecule has 0 unspecified atom stereocenters. The highest BCUT2D eigenvalue weighted by molar-refractivity contribution is 5.90. The molecule has 0 radical (unpaired) electrons. The molecule has 0 bridgehead atoms. The molecule has 6 nitrogen and oxygen atoms in total. The van der Waals surface area contributed by atoms with E-state index in [1.807, 2.05) is 48.5 Å². The Balaban J connectivity index is 1.61. The number of rotatable bonds is 7. The minimum absolute atomic E-state index is 0.259. The molecule has 0 atom stereocenters. The fourth-order valence-electron chi connectivity index (χ4n) is 4.73. The summed E-state index contributed by atoms with van der Waals surface area (Å²) in [6.45, 7) is 6.21. The van der Waals surface area contributed by atoms with Crippen molar-refractivity contribution in [3.8, 4) is 45.7 Å². The molecule has 0 fully saturated rings. The Kier molecular flexibility index (Phi) is 7.07. The van der Waals surface area contributed by atoms with Gasteiger partial charge in [-0.05, 0) is 80.9 Å². The van der Waals surface area contributed by atoms with Crippen LogP contribution in [0.25, 0.3) is 28.1 Å². The number of aromatic nitrogens is 1. The second-order valence-electron chi connectivity index (χ2n) is 9.31. The molecule has 39 heavy (non-hydrogen) atoms. The zero-order valence-corrected chi connectivity index (χ0v) is 22.6. The summed E-state index contributed by atoms with van der Waals surface area (Å²) in [5, 5.41) is 10.2. The summed E-state index contributed by atoms with van der Waals surface area (Å²) in [4.78, 5) is 4.69. The highest BCUT2D eigenvalue weighted by Crippen LogP contribution is 2.43. The Hall–Kier alpha value is -5.02. The lowest BCUT2D eigenvalue weighted by Crippen LogP contribution is -1.99. The number of benzene rings is 3. The van der Waals surface area contributed by atoms with Crippen LogP contribution < -0.4 is 9.47 Å². The molecule has 0 aliphatic heterocycles. The van der Waals surface area contributed by atoms with E-state index < -0.39 is 0 Å². The molecule has 6 heteroatoms. The lowest BCUT2D eigenvalue weighted by Gasteiger charge is -2.09. The number of ether oxygens (including phenoxy) is 2. The summed E-state index contributed by atoms with van der Waals surface area (Å²) in [5.74, 6) is 2.29. The molecule has 0 saturated carbocycles. The fourth-order valence-corrected chi connectivity index (χ4v) is 4.73. The van der Waals surface area contributed by atoms with Crippen molar-refractivity contribution in [2.45, 2.75) is 20.8 Å². The number of methoxy groups -OCH3 is 2. The first kappa shape index (κ1) is 25.6. The predicted molar refractivity (Wildman–Crippen MR) is 155 cm³/mol. The molecule has 0 N–H and O–H groups in total. The maximum absolute atomic E-state index is 10.2. The molecule has 0 aliphatic rings. The van der Waals surface area contributed by atoms with Crippen LogP contribution >= 0.6 is 0 Å². The highest BCUT2D eigenvalue weighted by Gasteiger charge is 2.23. The van der Waals surface area contributed by atoms with Crippen LogP contribution in [-0.2, 0) is 0 Å². The monoisotopic (exact) mass is 515 g/mol. The standard InChI is InChI=1S/C33H29N3O3/c1-21-6-12-27(13-7-21)36-22(2)18-26(23(36)3)20-35-33-30(19-34)31(24-8-14-28(37-4)15-9-24)32(39-33)25-10-16-29(38-5)17-11-25/h6-18,20H,1-5H3. The van der Waals surface area contributed by atoms with Crippen molar-refractivity contribution in [3.05, 3.63) is 107 Å². The fraction of sp³-hybridized carbons (Fsp3) is 0.152. The van der Waals surface area contributed by atoms with Crippen molar-refractivity contribution in [1.82, 2.24) is 4.57 Å². The van der Waals surface area contributed by atoms with Gasteiger partial charge in [0, 0.05) is 40.0 Å². The number of hydrogen-bond acceptors (Lipinski definition) is 5. The Morgan fingerprint density at radius 2 is 1.41 bits per heavy atom. The number of aryl methyl sites for hydroxylation is 2. The number of aliphatic imine (C=N–C) groups is 1. The highest BCUT2D eigenvalue weighted by atomic mass is 16.5. The summed E-state index contributed by atoms with van der Waals surface area (Å²) in [6, 6.07) is 28.0. The van der Waals surface area contributed by atoms with Gasteiger partial charge in [0.05, 0.1) is 14.2 Å². The van der Waals surface area contributed by atoms with E-state index >= 15 is 0 Å². The first-order valence-electron chi connectivity index (χ1n) is 12.6. The number of nitriles is 1. The van der Waals surface area contributed by atoms with Gasteiger partial charge >= 0.3 is 0 Å². The van der Waals surface area contributed by atoms with Crippen molar-refractivity contribution < 1.29 is 13.9 Å². The molecule has 0 amide bonds. The summed E-state index contributed by atoms with van der Waals surface area (Å²) in [5.41, 5.74) is 8.10. The number of furan rings is 1. The quantitative estimate of drug-likeness (QED) is 0.206. The van der Waals surface area contributed by atoms with Crippen LogP contribution in [0.4, 0.5) is 5.88 Å². The Morgan fingerprint density at radius 3 is 1.97 bits per heavy atom. The van der Waals surface area contributed by atoms with E-state index in [4.69, 9.17) is 18.9 Å². The van der Waals surface area contributed by atoms with Gasteiger partial charge in [-0.2, -0.15) is 5.26 Å². The van der Waals surface area contributed by atoms with Crippen LogP contribution in [-0.4, -0.2) is 25.0 Å². The van der Waals surface area contributed by atoms with Crippen molar-refractivity contribution >= 4 is 12.1 Å². The van der Waals surface area contributed by atoms with Gasteiger partial charge in [-0.1, -0.05) is 29.8 Å². The predicted octanol–water partition coefficient (Wildman–Crippen LogP) is 7.97. The summed E-state index contributed by atoms with van der Waals surface area (Å²) >= 11 is 0. The van der Waals surface area contributed by atoms with Gasteiger partial charge in [0.1, 0.15) is 28.9 Å². The molecule has 5 rings (SSSR count). The molecule has 2 aromatic heterocycles. The van der Waals surface area contributed by atoms with Crippen LogP contribution in [0.15, 0.2) is 88.3 Å². The Bertz CT molecular complexity index is 1680. The number of nitrogens with zero attached hydrogens (tertiary/aromatic N) is 3. The van der Waals surface area contributed by atoms with Gasteiger partial charge in [-0.3, -0.25) is 0 Å². The average molecular weight is 516 g/mol. The minimum Gasteiger partial charge on any atom is -0.497 e. The van der Waals surface area contributed by atoms with Crippen LogP contribution in [0.3, 0.4) is 0 Å². The van der Waals surface area contributed by atoms with E-state index in [0.717, 1.165) is 45.3 Å². The lowest BCUT2D eigenvalue weighted by molar-refractivity contribution is 0.414. The normalized spacial score (nSPS) is 11.1. The summed E-state index contributed by atoms with van der Waals surface area (Å²) in [6.07, 6.45) is 1.77. The van der Waals surface area contributed by atoms with Gasteiger partial charge in [0.25, 0.3) is 0 Å². The zero-order chi connectivity index (χ0) is 27.5. The smallest absolute Gasteiger partial charge is 0.238 e. The van der Waals surface area contributed by atoms with E-state index in [-0.39, 0.29) is 5.88 Å². The first-order valence-corrected chi connectivity index (χ1v) is 12.6. The van der Waals surface area contributed by atoms with Crippen molar-refractivity contribution in [3.63, 3.8) is 0 Å². The molecule has 5 aromatic rings. The van der Waals surface area contributed by atoms with Crippen molar-refractivity contribution in [2.75, 3.05) is 14.2 Å². The second-order valence-corrected chi connectivity index (χ2v) is 9.31. The molecule has 2 heterocycles. The SMILES string of the molecule is COc1ccc(-c2oc(N=Cc3cc(C)n(-c4ccc(C)cc4)c3C)c(C#N)c2-c2ccc(OC)cc2)cc1. The first-order chi connectivity index (χ1) is 18.9. The third-order valence-electron chi connectivity index (χ3n) is 6.82. The third kappa shape index (κ3) is 4.95. The van der Waals surface area contributed by atoms with Gasteiger partial charge in [-0.25, -0.2) is 4.99 Å². The Morgan fingerprint density at radius 1 is 0.821 bits per heavy atom. The van der Waals surface area contributed by atoms with Crippen LogP contribution in [0.2, 0.25) is 0 Å². The topological polar surface area (TPSA) is 72.7 Å². The maximum Gasteiger partial charge on any atom is 0.238 e. The summed E-state index contributed by atoms with van der Waals surface area (Å²) < 4.78 is 19.1. The van der Waals surface area contributed by atoms with E-state index in [9.17, 15) is 5.26 Å². The molecule has 3 aromatic carbocycles. The van der Waals surface area contributed by atoms with Gasteiger partial charge in [-0.15, -0.1) is 0 Å². The molecule has 194 valence electrons. The third-order valence-corrected chi connectivity index (χ3v) is 6.82. The van der Waals surface area contributed by atoms with Crippen molar-refractivity contribution in [1.29, 1.82) is 5.26 Å². The van der Waals surface area contributed by atoms with Gasteiger partial charge in [0.2, 0.25) is 5.88 Å². The minimum atomic E-state index is 0.259. The molecule has 0 spiro atoms. The van der Waals surface area contributed by atoms with Gasteiger partial charge in [0.15, 0.2) is 0 Å². The van der Waals surface area contributed by atoms with Crippen LogP contribution in [0.5, 0.6) is 11.5 Å². The van der Waals surface area contributed by atoms with E-state index in [0.29, 0.717) is 16.9 Å². The molecule has 0 aliphatic carbocycles. The second kappa shape index (κ2) is 10.8. The molecular formula is C33H29N3O3. The molecular weight excluding hydrogens is 486 g/mol. The molecule has 0 saturated heterocycles. The zero-order valence-electron chi connectivity index (χ0n) is 22.6. The van der Waals surface area contributed by atoms with Crippen LogP contribution in [0.1, 0.15) is 28.1 Å². The van der Waals surface area contributed by atoms with Gasteiger partial charge < -0.3 is 18.5 Å². The van der Waals surface area contributed by atoms with E-state index in [1.165, 1.54) is 5.56 Å². The average Bonchev–Trinajstić information content (AvgIpc) is 3.48. The van der Waals surface area contributed by atoms with E-state index in [2.05, 4.69) is 61.7 Å². The Labute approximate surface area is 228 Å². The van der Waals surface area contributed by atoms with E-state index in [1.54, 1.807) is 20.4 Å².